The first kappa shape index (κ1) is 20.9. The van der Waals surface area contributed by atoms with Gasteiger partial charge in [-0.2, -0.15) is 0 Å². The highest BCUT2D eigenvalue weighted by Gasteiger charge is 2.21. The molecule has 0 radical (unpaired) electrons. The smallest absolute Gasteiger partial charge is 0.407 e. The zero-order valence-corrected chi connectivity index (χ0v) is 17.0. The second kappa shape index (κ2) is 10.1. The summed E-state index contributed by atoms with van der Waals surface area (Å²) < 4.78 is 0. The van der Waals surface area contributed by atoms with Gasteiger partial charge in [0.2, 0.25) is 0 Å². The number of likely N-dealkylation sites (tertiary alicyclic amines) is 1. The van der Waals surface area contributed by atoms with Crippen molar-refractivity contribution in [1.82, 2.24) is 9.80 Å². The molecule has 1 heterocycles. The van der Waals surface area contributed by atoms with Gasteiger partial charge in [-0.25, -0.2) is 4.79 Å². The molecule has 0 bridgehead atoms. The van der Waals surface area contributed by atoms with Gasteiger partial charge in [0.25, 0.3) is 5.91 Å². The fraction of sp³-hybridized carbons (Fsp3) is 0.579. The Morgan fingerprint density at radius 1 is 1.27 bits per heavy atom. The van der Waals surface area contributed by atoms with Gasteiger partial charge in [-0.1, -0.05) is 24.4 Å². The van der Waals surface area contributed by atoms with E-state index < -0.39 is 6.09 Å². The number of carbonyl (C=O) groups excluding carboxylic acids is 1. The van der Waals surface area contributed by atoms with Crippen molar-refractivity contribution in [2.45, 2.75) is 37.0 Å². The lowest BCUT2D eigenvalue weighted by Crippen LogP contribution is -2.37. The van der Waals surface area contributed by atoms with E-state index in [1.807, 2.05) is 12.1 Å². The predicted molar refractivity (Wildman–Crippen MR) is 106 cm³/mol. The minimum absolute atomic E-state index is 0.0829. The molecule has 2 amide bonds. The first-order valence-electron chi connectivity index (χ1n) is 9.00. The van der Waals surface area contributed by atoms with Crippen LogP contribution in [-0.2, 0) is 0 Å². The Balaban J connectivity index is 1.67. The third-order valence-corrected chi connectivity index (χ3v) is 6.13. The Hall–Kier alpha value is -1.40. The molecular weight excluding hydrogens is 372 g/mol. The first-order valence-corrected chi connectivity index (χ1v) is 10.4. The molecule has 2 rings (SSSR count). The number of hydrogen-bond acceptors (Lipinski definition) is 3. The fourth-order valence-electron chi connectivity index (χ4n) is 3.14. The molecule has 0 unspecified atom stereocenters. The Labute approximate surface area is 164 Å². The van der Waals surface area contributed by atoms with Crippen LogP contribution in [-0.4, -0.2) is 59.8 Å². The molecule has 26 heavy (non-hydrogen) atoms. The van der Waals surface area contributed by atoms with Gasteiger partial charge in [0.15, 0.2) is 0 Å². The van der Waals surface area contributed by atoms with Crippen molar-refractivity contribution < 1.29 is 14.7 Å². The number of carbonyl (C=O) groups is 2. The Kier molecular flexibility index (Phi) is 8.10. The molecule has 0 aromatic heterocycles. The summed E-state index contributed by atoms with van der Waals surface area (Å²) in [7, 11) is 3.43. The highest BCUT2D eigenvalue weighted by molar-refractivity contribution is 7.99. The number of benzene rings is 1. The van der Waals surface area contributed by atoms with Crippen molar-refractivity contribution in [3.63, 3.8) is 0 Å². The number of thioether (sulfide) groups is 1. The van der Waals surface area contributed by atoms with Gasteiger partial charge < -0.3 is 14.9 Å². The van der Waals surface area contributed by atoms with Crippen LogP contribution in [0.15, 0.2) is 23.1 Å². The summed E-state index contributed by atoms with van der Waals surface area (Å²) in [6.07, 6.45) is 4.63. The Bertz CT molecular complexity index is 631. The van der Waals surface area contributed by atoms with E-state index in [1.165, 1.54) is 16.2 Å². The third kappa shape index (κ3) is 6.09. The number of nitrogens with zero attached hydrogens (tertiary/aromatic N) is 2. The van der Waals surface area contributed by atoms with Gasteiger partial charge in [-0.3, -0.25) is 4.79 Å². The molecule has 0 spiro atoms. The number of halogens is 1. The van der Waals surface area contributed by atoms with Crippen molar-refractivity contribution in [2.75, 3.05) is 32.9 Å². The van der Waals surface area contributed by atoms with Gasteiger partial charge in [-0.05, 0) is 49.1 Å². The van der Waals surface area contributed by atoms with Crippen LogP contribution in [0.25, 0.3) is 0 Å². The van der Waals surface area contributed by atoms with Crippen LogP contribution < -0.4 is 0 Å². The highest BCUT2D eigenvalue weighted by atomic mass is 35.5. The lowest BCUT2D eigenvalue weighted by molar-refractivity contribution is 0.0827. The molecule has 5 nitrogen and oxygen atoms in total. The highest BCUT2D eigenvalue weighted by Crippen LogP contribution is 2.28. The molecule has 1 saturated heterocycles. The lowest BCUT2D eigenvalue weighted by Gasteiger charge is -2.29. The van der Waals surface area contributed by atoms with Gasteiger partial charge in [0.05, 0.1) is 10.6 Å². The van der Waals surface area contributed by atoms with E-state index in [2.05, 4.69) is 0 Å². The zero-order valence-electron chi connectivity index (χ0n) is 15.4. The molecule has 0 atom stereocenters. The standard InChI is InChI=1S/C19H27ClN2O3S/c1-21(2)18(23)16-7-6-15(13-17(16)20)26-12-4-3-5-14-8-10-22(11-9-14)19(24)25/h6-7,13-14H,3-5,8-12H2,1-2H3,(H,24,25). The van der Waals surface area contributed by atoms with Crippen LogP contribution in [0, 0.1) is 5.92 Å². The summed E-state index contributed by atoms with van der Waals surface area (Å²) in [6, 6.07) is 5.61. The molecule has 1 aromatic rings. The van der Waals surface area contributed by atoms with Crippen LogP contribution >= 0.6 is 23.4 Å². The van der Waals surface area contributed by atoms with E-state index in [0.717, 1.165) is 36.3 Å². The normalized spacial score (nSPS) is 15.1. The molecule has 1 fully saturated rings. The summed E-state index contributed by atoms with van der Waals surface area (Å²) >= 11 is 8.00. The molecule has 7 heteroatoms. The molecule has 1 N–H and O–H groups in total. The van der Waals surface area contributed by atoms with Gasteiger partial charge in [0, 0.05) is 32.1 Å². The van der Waals surface area contributed by atoms with Crippen LogP contribution in [0.2, 0.25) is 5.02 Å². The van der Waals surface area contributed by atoms with Crippen LogP contribution in [0.1, 0.15) is 42.5 Å². The van der Waals surface area contributed by atoms with E-state index in [4.69, 9.17) is 16.7 Å². The molecule has 0 saturated carbocycles. The Morgan fingerprint density at radius 2 is 1.96 bits per heavy atom. The second-order valence-electron chi connectivity index (χ2n) is 6.90. The van der Waals surface area contributed by atoms with E-state index in [9.17, 15) is 9.59 Å². The predicted octanol–water partition coefficient (Wildman–Crippen LogP) is 4.69. The molecule has 144 valence electrons. The van der Waals surface area contributed by atoms with Gasteiger partial charge >= 0.3 is 6.09 Å². The van der Waals surface area contributed by atoms with Crippen molar-refractivity contribution in [2.24, 2.45) is 5.92 Å². The van der Waals surface area contributed by atoms with Crippen molar-refractivity contribution in [1.29, 1.82) is 0 Å². The average molecular weight is 399 g/mol. The SMILES string of the molecule is CN(C)C(=O)c1ccc(SCCCCC2CCN(C(=O)O)CC2)cc1Cl. The Morgan fingerprint density at radius 3 is 2.54 bits per heavy atom. The number of amides is 2. The summed E-state index contributed by atoms with van der Waals surface area (Å²) in [5.41, 5.74) is 0.536. The monoisotopic (exact) mass is 398 g/mol. The summed E-state index contributed by atoms with van der Waals surface area (Å²) in [5.74, 6) is 1.59. The maximum absolute atomic E-state index is 12.0. The second-order valence-corrected chi connectivity index (χ2v) is 8.47. The van der Waals surface area contributed by atoms with Gasteiger partial charge in [0.1, 0.15) is 0 Å². The molecule has 1 aromatic carbocycles. The molecular formula is C19H27ClN2O3S. The first-order chi connectivity index (χ1) is 12.4. The summed E-state index contributed by atoms with van der Waals surface area (Å²) in [4.78, 5) is 27.0. The van der Waals surface area contributed by atoms with Crippen molar-refractivity contribution in [3.8, 4) is 0 Å². The van der Waals surface area contributed by atoms with Crippen LogP contribution in [0.3, 0.4) is 0 Å². The third-order valence-electron chi connectivity index (χ3n) is 4.74. The topological polar surface area (TPSA) is 60.9 Å². The average Bonchev–Trinajstić information content (AvgIpc) is 2.61. The summed E-state index contributed by atoms with van der Waals surface area (Å²) in [6.45, 7) is 1.34. The number of rotatable bonds is 7. The van der Waals surface area contributed by atoms with Crippen LogP contribution in [0.5, 0.6) is 0 Å². The molecule has 1 aliphatic heterocycles. The van der Waals surface area contributed by atoms with Crippen molar-refractivity contribution in [3.05, 3.63) is 28.8 Å². The van der Waals surface area contributed by atoms with E-state index in [1.54, 1.807) is 31.9 Å². The lowest BCUT2D eigenvalue weighted by atomic mass is 9.92. The minimum Gasteiger partial charge on any atom is -0.465 e. The maximum Gasteiger partial charge on any atom is 0.407 e. The number of carboxylic acid groups (broad SMARTS) is 1. The number of hydrogen-bond donors (Lipinski definition) is 1. The van der Waals surface area contributed by atoms with Gasteiger partial charge in [-0.15, -0.1) is 11.8 Å². The summed E-state index contributed by atoms with van der Waals surface area (Å²) in [5, 5.41) is 9.46. The number of piperidine rings is 1. The fourth-order valence-corrected chi connectivity index (χ4v) is 4.41. The number of unbranched alkanes of at least 4 members (excludes halogenated alkanes) is 1. The largest absolute Gasteiger partial charge is 0.465 e. The van der Waals surface area contributed by atoms with Crippen molar-refractivity contribution >= 4 is 35.4 Å². The quantitative estimate of drug-likeness (QED) is 0.534. The van der Waals surface area contributed by atoms with Crippen LogP contribution in [0.4, 0.5) is 4.79 Å². The van der Waals surface area contributed by atoms with E-state index >= 15 is 0 Å². The zero-order chi connectivity index (χ0) is 19.1. The van der Waals surface area contributed by atoms with E-state index in [-0.39, 0.29) is 5.91 Å². The maximum atomic E-state index is 12.0. The minimum atomic E-state index is -0.795. The molecule has 0 aliphatic carbocycles. The van der Waals surface area contributed by atoms with E-state index in [0.29, 0.717) is 29.6 Å². The molecule has 1 aliphatic rings.